The maximum Gasteiger partial charge on any atom is 0.334 e. The molecule has 0 saturated carbocycles. The summed E-state index contributed by atoms with van der Waals surface area (Å²) in [6.07, 6.45) is 3.59. The lowest BCUT2D eigenvalue weighted by Gasteiger charge is -2.16. The van der Waals surface area contributed by atoms with Gasteiger partial charge in [0.2, 0.25) is 0 Å². The standard InChI is InChI=1S/C13H23BrO3/c1-4-17-13(16)11(8-14)6-5-7-12(9-15)10(2)3/h6,10,12,15H,4-5,7-9H2,1-3H3/b11-6+. The first-order chi connectivity index (χ1) is 8.06. The second kappa shape index (κ2) is 9.66. The quantitative estimate of drug-likeness (QED) is 0.426. The molecule has 0 amide bonds. The molecule has 0 radical (unpaired) electrons. The average Bonchev–Trinajstić information content (AvgIpc) is 2.29. The van der Waals surface area contributed by atoms with Crippen molar-refractivity contribution in [2.75, 3.05) is 18.5 Å². The molecule has 0 heterocycles. The summed E-state index contributed by atoms with van der Waals surface area (Å²) < 4.78 is 4.94. The van der Waals surface area contributed by atoms with E-state index in [0.717, 1.165) is 12.8 Å². The van der Waals surface area contributed by atoms with Crippen LogP contribution in [-0.4, -0.2) is 29.6 Å². The van der Waals surface area contributed by atoms with Gasteiger partial charge in [-0.1, -0.05) is 35.9 Å². The van der Waals surface area contributed by atoms with E-state index < -0.39 is 0 Å². The topological polar surface area (TPSA) is 46.5 Å². The number of carbonyl (C=O) groups excluding carboxylic acids is 1. The summed E-state index contributed by atoms with van der Waals surface area (Å²) in [5, 5.41) is 9.70. The van der Waals surface area contributed by atoms with E-state index in [0.29, 0.717) is 29.3 Å². The monoisotopic (exact) mass is 306 g/mol. The van der Waals surface area contributed by atoms with Crippen LogP contribution in [-0.2, 0) is 9.53 Å². The second-order valence-corrected chi connectivity index (χ2v) is 4.91. The van der Waals surface area contributed by atoms with Crippen molar-refractivity contribution in [3.8, 4) is 0 Å². The SMILES string of the molecule is CCOC(=O)/C(=C/CCC(CO)C(C)C)CBr. The lowest BCUT2D eigenvalue weighted by atomic mass is 9.92. The van der Waals surface area contributed by atoms with Gasteiger partial charge in [-0.15, -0.1) is 0 Å². The molecule has 0 aromatic carbocycles. The van der Waals surface area contributed by atoms with E-state index in [9.17, 15) is 9.90 Å². The number of esters is 1. The maximum absolute atomic E-state index is 11.5. The summed E-state index contributed by atoms with van der Waals surface area (Å²) in [6, 6.07) is 0. The molecule has 1 atom stereocenters. The molecule has 0 fully saturated rings. The first kappa shape index (κ1) is 16.6. The maximum atomic E-state index is 11.5. The number of halogens is 1. The van der Waals surface area contributed by atoms with E-state index in [1.54, 1.807) is 6.92 Å². The van der Waals surface area contributed by atoms with Crippen molar-refractivity contribution in [3.63, 3.8) is 0 Å². The Bertz CT molecular complexity index is 249. The van der Waals surface area contributed by atoms with Crippen LogP contribution in [0.1, 0.15) is 33.6 Å². The van der Waals surface area contributed by atoms with Gasteiger partial charge in [0.15, 0.2) is 0 Å². The number of hydrogen-bond donors (Lipinski definition) is 1. The van der Waals surface area contributed by atoms with Gasteiger partial charge in [0.25, 0.3) is 0 Å². The molecule has 4 heteroatoms. The molecule has 0 bridgehead atoms. The van der Waals surface area contributed by atoms with Crippen molar-refractivity contribution in [2.45, 2.75) is 33.6 Å². The number of carbonyl (C=O) groups is 1. The number of hydrogen-bond acceptors (Lipinski definition) is 3. The molecule has 0 aliphatic carbocycles. The van der Waals surface area contributed by atoms with Gasteiger partial charge in [0.1, 0.15) is 0 Å². The minimum atomic E-state index is -0.255. The highest BCUT2D eigenvalue weighted by Crippen LogP contribution is 2.17. The Morgan fingerprint density at radius 1 is 1.47 bits per heavy atom. The number of allylic oxidation sites excluding steroid dienone is 1. The van der Waals surface area contributed by atoms with Crippen molar-refractivity contribution in [3.05, 3.63) is 11.6 Å². The lowest BCUT2D eigenvalue weighted by Crippen LogP contribution is -2.13. The molecular weight excluding hydrogens is 284 g/mol. The number of aliphatic hydroxyl groups excluding tert-OH is 1. The van der Waals surface area contributed by atoms with Crippen LogP contribution < -0.4 is 0 Å². The summed E-state index contributed by atoms with van der Waals surface area (Å²) in [5.74, 6) is 0.503. The molecule has 3 nitrogen and oxygen atoms in total. The van der Waals surface area contributed by atoms with Crippen molar-refractivity contribution in [1.82, 2.24) is 0 Å². The predicted octanol–water partition coefficient (Wildman–Crippen LogP) is 2.92. The Kier molecular flexibility index (Phi) is 9.46. The molecule has 0 aromatic rings. The van der Waals surface area contributed by atoms with Crippen molar-refractivity contribution in [2.24, 2.45) is 11.8 Å². The van der Waals surface area contributed by atoms with Gasteiger partial charge in [-0.05, 0) is 31.6 Å². The highest BCUT2D eigenvalue weighted by atomic mass is 79.9. The third kappa shape index (κ3) is 6.84. The van der Waals surface area contributed by atoms with E-state index in [2.05, 4.69) is 29.8 Å². The Hall–Kier alpha value is -0.350. The number of alkyl halides is 1. The number of aliphatic hydroxyl groups is 1. The Morgan fingerprint density at radius 3 is 2.53 bits per heavy atom. The Labute approximate surface area is 112 Å². The molecule has 0 rings (SSSR count). The summed E-state index contributed by atoms with van der Waals surface area (Å²) >= 11 is 3.28. The van der Waals surface area contributed by atoms with E-state index >= 15 is 0 Å². The third-order valence-electron chi connectivity index (χ3n) is 2.79. The minimum Gasteiger partial charge on any atom is -0.463 e. The molecular formula is C13H23BrO3. The fourth-order valence-electron chi connectivity index (χ4n) is 1.52. The zero-order valence-electron chi connectivity index (χ0n) is 10.9. The fraction of sp³-hybridized carbons (Fsp3) is 0.769. The molecule has 100 valence electrons. The van der Waals surface area contributed by atoms with Crippen LogP contribution in [0.2, 0.25) is 0 Å². The first-order valence-corrected chi connectivity index (χ1v) is 7.21. The van der Waals surface area contributed by atoms with Gasteiger partial charge in [-0.25, -0.2) is 4.79 Å². The van der Waals surface area contributed by atoms with Gasteiger partial charge in [-0.3, -0.25) is 0 Å². The van der Waals surface area contributed by atoms with Crippen LogP contribution in [0.25, 0.3) is 0 Å². The van der Waals surface area contributed by atoms with E-state index in [1.165, 1.54) is 0 Å². The van der Waals surface area contributed by atoms with Gasteiger partial charge in [0.05, 0.1) is 6.61 Å². The summed E-state index contributed by atoms with van der Waals surface area (Å²) in [6.45, 7) is 6.59. The Morgan fingerprint density at radius 2 is 2.12 bits per heavy atom. The lowest BCUT2D eigenvalue weighted by molar-refractivity contribution is -0.138. The number of rotatable bonds is 8. The van der Waals surface area contributed by atoms with Crippen LogP contribution in [0.3, 0.4) is 0 Å². The average molecular weight is 307 g/mol. The molecule has 0 aromatic heterocycles. The largest absolute Gasteiger partial charge is 0.463 e. The van der Waals surface area contributed by atoms with E-state index in [4.69, 9.17) is 4.74 Å². The fourth-order valence-corrected chi connectivity index (χ4v) is 1.98. The molecule has 0 aliphatic rings. The second-order valence-electron chi connectivity index (χ2n) is 4.35. The predicted molar refractivity (Wildman–Crippen MR) is 73.2 cm³/mol. The minimum absolute atomic E-state index is 0.203. The van der Waals surface area contributed by atoms with Crippen LogP contribution in [0.5, 0.6) is 0 Å². The van der Waals surface area contributed by atoms with Crippen molar-refractivity contribution >= 4 is 21.9 Å². The first-order valence-electron chi connectivity index (χ1n) is 6.09. The Balaban J connectivity index is 4.23. The van der Waals surface area contributed by atoms with Crippen LogP contribution >= 0.6 is 15.9 Å². The highest BCUT2D eigenvalue weighted by molar-refractivity contribution is 9.09. The smallest absolute Gasteiger partial charge is 0.334 e. The zero-order chi connectivity index (χ0) is 13.3. The van der Waals surface area contributed by atoms with Crippen molar-refractivity contribution in [1.29, 1.82) is 0 Å². The molecule has 17 heavy (non-hydrogen) atoms. The van der Waals surface area contributed by atoms with E-state index in [-0.39, 0.29) is 12.6 Å². The summed E-state index contributed by atoms with van der Waals surface area (Å²) in [4.78, 5) is 11.5. The van der Waals surface area contributed by atoms with Crippen molar-refractivity contribution < 1.29 is 14.6 Å². The molecule has 0 spiro atoms. The molecule has 1 unspecified atom stereocenters. The highest BCUT2D eigenvalue weighted by Gasteiger charge is 2.12. The normalized spacial score (nSPS) is 13.9. The molecule has 0 aliphatic heterocycles. The number of ether oxygens (including phenoxy) is 1. The summed E-state index contributed by atoms with van der Waals surface area (Å²) in [5.41, 5.74) is 0.660. The molecule has 0 saturated heterocycles. The van der Waals surface area contributed by atoms with Gasteiger partial charge in [-0.2, -0.15) is 0 Å². The van der Waals surface area contributed by atoms with Gasteiger partial charge < -0.3 is 9.84 Å². The van der Waals surface area contributed by atoms with Crippen LogP contribution in [0.4, 0.5) is 0 Å². The summed E-state index contributed by atoms with van der Waals surface area (Å²) in [7, 11) is 0. The molecule has 1 N–H and O–H groups in total. The van der Waals surface area contributed by atoms with Gasteiger partial charge >= 0.3 is 5.97 Å². The third-order valence-corrected chi connectivity index (χ3v) is 3.39. The zero-order valence-corrected chi connectivity index (χ0v) is 12.5. The van der Waals surface area contributed by atoms with E-state index in [1.807, 2.05) is 6.08 Å². The van der Waals surface area contributed by atoms with Crippen LogP contribution in [0.15, 0.2) is 11.6 Å². The van der Waals surface area contributed by atoms with Crippen LogP contribution in [0, 0.1) is 11.8 Å². The van der Waals surface area contributed by atoms with Gasteiger partial charge in [0, 0.05) is 17.5 Å².